The van der Waals surface area contributed by atoms with E-state index in [1.165, 1.54) is 25.7 Å². The fourth-order valence-electron chi connectivity index (χ4n) is 2.51. The van der Waals surface area contributed by atoms with Gasteiger partial charge in [-0.05, 0) is 48.0 Å². The van der Waals surface area contributed by atoms with E-state index >= 15 is 0 Å². The van der Waals surface area contributed by atoms with Crippen LogP contribution in [0.3, 0.4) is 0 Å². The number of halogens is 1. The number of para-hydroxylation sites is 1. The number of anilines is 1. The average Bonchev–Trinajstić information content (AvgIpc) is 2.80. The molecule has 0 radical (unpaired) electrons. The van der Waals surface area contributed by atoms with Crippen molar-refractivity contribution in [2.45, 2.75) is 0 Å². The molecule has 0 bridgehead atoms. The number of amides is 2. The normalized spacial score (nSPS) is 10.5. The molecule has 3 aromatic rings. The number of nitrogens with one attached hydrogen (secondary N) is 2. The highest BCUT2D eigenvalue weighted by Gasteiger charge is 2.10. The quantitative estimate of drug-likeness (QED) is 0.414. The Morgan fingerprint density at radius 3 is 2.61 bits per heavy atom. The number of ether oxygens (including phenoxy) is 2. The first-order valence-electron chi connectivity index (χ1n) is 9.15. The number of methoxy groups -OCH3 is 1. The summed E-state index contributed by atoms with van der Waals surface area (Å²) in [5.41, 5.74) is 4.05. The third-order valence-electron chi connectivity index (χ3n) is 4.02. The minimum Gasteiger partial charge on any atom is -0.493 e. The van der Waals surface area contributed by atoms with E-state index in [2.05, 4.69) is 20.8 Å². The van der Waals surface area contributed by atoms with Gasteiger partial charge in [0.25, 0.3) is 11.8 Å². The topological polar surface area (TPSA) is 102 Å². The van der Waals surface area contributed by atoms with E-state index in [9.17, 15) is 9.59 Å². The molecule has 0 aliphatic carbocycles. The van der Waals surface area contributed by atoms with Gasteiger partial charge in [-0.15, -0.1) is 0 Å². The predicted octanol–water partition coefficient (Wildman–Crippen LogP) is 3.53. The summed E-state index contributed by atoms with van der Waals surface area (Å²) in [5, 5.41) is 7.05. The number of pyridine rings is 1. The van der Waals surface area contributed by atoms with Crippen LogP contribution in [0, 0.1) is 0 Å². The molecule has 3 rings (SSSR count). The molecule has 2 aromatic carbocycles. The van der Waals surface area contributed by atoms with Crippen molar-refractivity contribution in [3.63, 3.8) is 0 Å². The second kappa shape index (κ2) is 10.7. The van der Waals surface area contributed by atoms with Crippen LogP contribution in [0.2, 0.25) is 5.02 Å². The minimum atomic E-state index is -0.361. The number of hydrogen-bond acceptors (Lipinski definition) is 6. The van der Waals surface area contributed by atoms with Gasteiger partial charge in [-0.3, -0.25) is 14.6 Å². The standard InChI is InChI=1S/C22H19ClN4O4/c1-30-20-12-15(13-25-27-22(29)16-8-10-24-11-9-16)6-7-19(20)31-14-21(28)26-18-5-3-2-4-17(18)23/h2-13H,14H2,1H3,(H,26,28)(H,27,29)/b25-13+. The highest BCUT2D eigenvalue weighted by atomic mass is 35.5. The van der Waals surface area contributed by atoms with E-state index in [1.807, 2.05) is 0 Å². The molecular weight excluding hydrogens is 420 g/mol. The number of benzene rings is 2. The van der Waals surface area contributed by atoms with Gasteiger partial charge in [-0.25, -0.2) is 5.43 Å². The summed E-state index contributed by atoms with van der Waals surface area (Å²) in [5.74, 6) is 0.0828. The molecule has 0 aliphatic rings. The third-order valence-corrected chi connectivity index (χ3v) is 4.35. The number of carbonyl (C=O) groups is 2. The Bertz CT molecular complexity index is 1090. The molecule has 0 saturated heterocycles. The highest BCUT2D eigenvalue weighted by molar-refractivity contribution is 6.33. The lowest BCUT2D eigenvalue weighted by atomic mass is 10.2. The van der Waals surface area contributed by atoms with Crippen molar-refractivity contribution < 1.29 is 19.1 Å². The van der Waals surface area contributed by atoms with Gasteiger partial charge in [-0.2, -0.15) is 5.10 Å². The molecule has 8 nitrogen and oxygen atoms in total. The Morgan fingerprint density at radius 1 is 1.10 bits per heavy atom. The molecule has 0 atom stereocenters. The molecule has 158 valence electrons. The maximum Gasteiger partial charge on any atom is 0.271 e. The van der Waals surface area contributed by atoms with Gasteiger partial charge >= 0.3 is 0 Å². The van der Waals surface area contributed by atoms with Crippen molar-refractivity contribution in [2.24, 2.45) is 5.10 Å². The Morgan fingerprint density at radius 2 is 1.87 bits per heavy atom. The summed E-state index contributed by atoms with van der Waals surface area (Å²) < 4.78 is 10.9. The lowest BCUT2D eigenvalue weighted by molar-refractivity contribution is -0.118. The van der Waals surface area contributed by atoms with Gasteiger partial charge in [0.05, 0.1) is 24.0 Å². The Kier molecular flexibility index (Phi) is 7.56. The van der Waals surface area contributed by atoms with E-state index in [0.717, 1.165) is 0 Å². The zero-order valence-corrected chi connectivity index (χ0v) is 17.3. The molecule has 31 heavy (non-hydrogen) atoms. The number of hydrogen-bond donors (Lipinski definition) is 2. The SMILES string of the molecule is COc1cc(/C=N/NC(=O)c2ccncc2)ccc1OCC(=O)Nc1ccccc1Cl. The zero-order valence-electron chi connectivity index (χ0n) is 16.5. The molecular formula is C22H19ClN4O4. The van der Waals surface area contributed by atoms with Crippen LogP contribution in [0.25, 0.3) is 0 Å². The maximum absolute atomic E-state index is 12.1. The van der Waals surface area contributed by atoms with Gasteiger partial charge < -0.3 is 14.8 Å². The van der Waals surface area contributed by atoms with Crippen LogP contribution in [0.5, 0.6) is 11.5 Å². The van der Waals surface area contributed by atoms with E-state index < -0.39 is 0 Å². The van der Waals surface area contributed by atoms with Crippen LogP contribution in [0.1, 0.15) is 15.9 Å². The van der Waals surface area contributed by atoms with Crippen molar-refractivity contribution in [3.05, 3.63) is 83.1 Å². The van der Waals surface area contributed by atoms with Crippen LogP contribution >= 0.6 is 11.6 Å². The van der Waals surface area contributed by atoms with Crippen LogP contribution in [0.15, 0.2) is 72.1 Å². The molecule has 2 N–H and O–H groups in total. The first-order chi connectivity index (χ1) is 15.1. The van der Waals surface area contributed by atoms with Crippen molar-refractivity contribution in [2.75, 3.05) is 19.0 Å². The highest BCUT2D eigenvalue weighted by Crippen LogP contribution is 2.27. The first kappa shape index (κ1) is 21.8. The summed E-state index contributed by atoms with van der Waals surface area (Å²) in [6.07, 6.45) is 4.52. The summed E-state index contributed by atoms with van der Waals surface area (Å²) in [7, 11) is 1.48. The van der Waals surface area contributed by atoms with E-state index in [-0.39, 0.29) is 18.4 Å². The van der Waals surface area contributed by atoms with Crippen molar-refractivity contribution >= 4 is 35.3 Å². The number of carbonyl (C=O) groups excluding carboxylic acids is 2. The molecule has 9 heteroatoms. The monoisotopic (exact) mass is 438 g/mol. The summed E-state index contributed by atoms with van der Waals surface area (Å²) in [6.45, 7) is -0.225. The van der Waals surface area contributed by atoms with Crippen LogP contribution < -0.4 is 20.2 Å². The number of hydrazone groups is 1. The largest absolute Gasteiger partial charge is 0.493 e. The molecule has 1 aromatic heterocycles. The van der Waals surface area contributed by atoms with Crippen LogP contribution in [-0.4, -0.2) is 36.7 Å². The molecule has 2 amide bonds. The first-order valence-corrected chi connectivity index (χ1v) is 9.53. The Labute approximate surface area is 183 Å². The molecule has 1 heterocycles. The van der Waals surface area contributed by atoms with Crippen molar-refractivity contribution in [3.8, 4) is 11.5 Å². The predicted molar refractivity (Wildman–Crippen MR) is 118 cm³/mol. The van der Waals surface area contributed by atoms with E-state index in [4.69, 9.17) is 21.1 Å². The van der Waals surface area contributed by atoms with Gasteiger partial charge in [0.1, 0.15) is 0 Å². The Balaban J connectivity index is 1.57. The molecule has 0 fully saturated rings. The number of nitrogens with zero attached hydrogens (tertiary/aromatic N) is 2. The van der Waals surface area contributed by atoms with Crippen molar-refractivity contribution in [1.29, 1.82) is 0 Å². The Hall–Kier alpha value is -3.91. The lowest BCUT2D eigenvalue weighted by Crippen LogP contribution is -2.20. The van der Waals surface area contributed by atoms with Crippen molar-refractivity contribution in [1.82, 2.24) is 10.4 Å². The van der Waals surface area contributed by atoms with Crippen LogP contribution in [-0.2, 0) is 4.79 Å². The van der Waals surface area contributed by atoms with Gasteiger partial charge in [-0.1, -0.05) is 23.7 Å². The van der Waals surface area contributed by atoms with E-state index in [0.29, 0.717) is 33.3 Å². The fraction of sp³-hybridized carbons (Fsp3) is 0.0909. The summed E-state index contributed by atoms with van der Waals surface area (Å²) >= 11 is 6.03. The molecule has 0 aliphatic heterocycles. The van der Waals surface area contributed by atoms with Gasteiger partial charge in [0.15, 0.2) is 18.1 Å². The second-order valence-electron chi connectivity index (χ2n) is 6.16. The van der Waals surface area contributed by atoms with Gasteiger partial charge in [0, 0.05) is 18.0 Å². The maximum atomic E-state index is 12.1. The van der Waals surface area contributed by atoms with Gasteiger partial charge in [0.2, 0.25) is 0 Å². The average molecular weight is 439 g/mol. The van der Waals surface area contributed by atoms with E-state index in [1.54, 1.807) is 54.6 Å². The number of aromatic nitrogens is 1. The minimum absolute atomic E-state index is 0.225. The summed E-state index contributed by atoms with van der Waals surface area (Å²) in [4.78, 5) is 28.0. The molecule has 0 spiro atoms. The second-order valence-corrected chi connectivity index (χ2v) is 6.57. The third kappa shape index (κ3) is 6.28. The molecule has 0 unspecified atom stereocenters. The molecule has 0 saturated carbocycles. The number of rotatable bonds is 8. The summed E-state index contributed by atoms with van der Waals surface area (Å²) in [6, 6.07) is 15.1. The zero-order chi connectivity index (χ0) is 22.1. The lowest BCUT2D eigenvalue weighted by Gasteiger charge is -2.12. The fourth-order valence-corrected chi connectivity index (χ4v) is 2.69. The van der Waals surface area contributed by atoms with Crippen LogP contribution in [0.4, 0.5) is 5.69 Å². The smallest absolute Gasteiger partial charge is 0.271 e.